The highest BCUT2D eigenvalue weighted by Gasteiger charge is 2.56. The summed E-state index contributed by atoms with van der Waals surface area (Å²) in [5, 5.41) is 0. The third-order valence-corrected chi connectivity index (χ3v) is 2.33. The van der Waals surface area contributed by atoms with E-state index in [1.807, 2.05) is 0 Å². The van der Waals surface area contributed by atoms with E-state index in [9.17, 15) is 22.8 Å². The summed E-state index contributed by atoms with van der Waals surface area (Å²) < 4.78 is 46.6. The van der Waals surface area contributed by atoms with Gasteiger partial charge in [-0.25, -0.2) is 4.79 Å². The molecular weight excluding hydrogens is 241 g/mol. The first-order valence-electron chi connectivity index (χ1n) is 4.86. The summed E-state index contributed by atoms with van der Waals surface area (Å²) in [6, 6.07) is 0. The van der Waals surface area contributed by atoms with Gasteiger partial charge in [-0.05, 0) is 13.8 Å². The molecule has 1 atom stereocenters. The molecular formula is C10H11F3O4. The molecule has 1 aliphatic rings. The van der Waals surface area contributed by atoms with Crippen molar-refractivity contribution in [3.63, 3.8) is 0 Å². The lowest BCUT2D eigenvalue weighted by atomic mass is 9.93. The zero-order valence-corrected chi connectivity index (χ0v) is 9.26. The van der Waals surface area contributed by atoms with Crippen molar-refractivity contribution in [2.45, 2.75) is 32.0 Å². The zero-order chi connectivity index (χ0) is 13.3. The molecule has 17 heavy (non-hydrogen) atoms. The lowest BCUT2D eigenvalue weighted by Gasteiger charge is -2.33. The summed E-state index contributed by atoms with van der Waals surface area (Å²) in [6.07, 6.45) is -5.09. The van der Waals surface area contributed by atoms with Gasteiger partial charge in [0.15, 0.2) is 5.78 Å². The van der Waals surface area contributed by atoms with E-state index in [1.165, 1.54) is 6.92 Å². The maximum atomic E-state index is 12.6. The van der Waals surface area contributed by atoms with Crippen LogP contribution in [-0.4, -0.2) is 30.1 Å². The van der Waals surface area contributed by atoms with Crippen LogP contribution in [0.2, 0.25) is 0 Å². The molecule has 96 valence electrons. The van der Waals surface area contributed by atoms with E-state index >= 15 is 0 Å². The number of ether oxygens (including phenoxy) is 2. The van der Waals surface area contributed by atoms with Gasteiger partial charge in [-0.2, -0.15) is 13.2 Å². The summed E-state index contributed by atoms with van der Waals surface area (Å²) in [7, 11) is 0. The topological polar surface area (TPSA) is 52.6 Å². The largest absolute Gasteiger partial charge is 0.484 e. The molecule has 0 fully saturated rings. The number of esters is 1. The Morgan fingerprint density at radius 1 is 1.59 bits per heavy atom. The van der Waals surface area contributed by atoms with Crippen molar-refractivity contribution < 1.29 is 32.2 Å². The fraction of sp³-hybridized carbons (Fsp3) is 0.600. The van der Waals surface area contributed by atoms with E-state index in [-0.39, 0.29) is 6.61 Å². The van der Waals surface area contributed by atoms with Gasteiger partial charge >= 0.3 is 12.1 Å². The highest BCUT2D eigenvalue weighted by molar-refractivity contribution is 6.17. The molecule has 0 amide bonds. The second-order valence-corrected chi connectivity index (χ2v) is 3.70. The van der Waals surface area contributed by atoms with Gasteiger partial charge in [0.2, 0.25) is 5.60 Å². The third-order valence-electron chi connectivity index (χ3n) is 2.33. The standard InChI is InChI=1S/C10H11F3O4/c1-3-16-8(15)6-5-17-9(2,4-7(6)14)10(11,12)13/h5H,3-4H2,1-2H3/t9-/m1/s1. The number of carbonyl (C=O) groups excluding carboxylic acids is 2. The van der Waals surface area contributed by atoms with E-state index in [0.717, 1.165) is 6.92 Å². The number of alkyl halides is 3. The first-order valence-corrected chi connectivity index (χ1v) is 4.86. The zero-order valence-electron chi connectivity index (χ0n) is 9.26. The maximum absolute atomic E-state index is 12.6. The summed E-state index contributed by atoms with van der Waals surface area (Å²) in [4.78, 5) is 22.6. The van der Waals surface area contributed by atoms with E-state index in [4.69, 9.17) is 0 Å². The number of rotatable bonds is 2. The van der Waals surface area contributed by atoms with Gasteiger partial charge in [-0.15, -0.1) is 0 Å². The van der Waals surface area contributed by atoms with Crippen LogP contribution >= 0.6 is 0 Å². The molecule has 1 heterocycles. The average molecular weight is 252 g/mol. The van der Waals surface area contributed by atoms with Crippen LogP contribution in [0.3, 0.4) is 0 Å². The van der Waals surface area contributed by atoms with Gasteiger partial charge in [-0.3, -0.25) is 4.79 Å². The Bertz CT molecular complexity index is 372. The predicted octanol–water partition coefficient (Wildman–Crippen LogP) is 1.74. The van der Waals surface area contributed by atoms with Gasteiger partial charge in [0.05, 0.1) is 13.0 Å². The van der Waals surface area contributed by atoms with Crippen LogP contribution in [0, 0.1) is 0 Å². The molecule has 0 saturated heterocycles. The second-order valence-electron chi connectivity index (χ2n) is 3.70. The maximum Gasteiger partial charge on any atom is 0.428 e. The van der Waals surface area contributed by atoms with Crippen molar-refractivity contribution in [1.82, 2.24) is 0 Å². The van der Waals surface area contributed by atoms with E-state index in [1.54, 1.807) is 0 Å². The van der Waals surface area contributed by atoms with Crippen molar-refractivity contribution in [2.24, 2.45) is 0 Å². The fourth-order valence-corrected chi connectivity index (χ4v) is 1.24. The Hall–Kier alpha value is -1.53. The van der Waals surface area contributed by atoms with Crippen LogP contribution in [0.25, 0.3) is 0 Å². The van der Waals surface area contributed by atoms with Crippen molar-refractivity contribution in [3.8, 4) is 0 Å². The number of ketones is 1. The molecule has 4 nitrogen and oxygen atoms in total. The number of Topliss-reactive ketones (excluding diaryl/α,β-unsaturated/α-hetero) is 1. The Balaban J connectivity index is 2.91. The van der Waals surface area contributed by atoms with Gasteiger partial charge in [0.1, 0.15) is 11.8 Å². The molecule has 0 saturated carbocycles. The predicted molar refractivity (Wildman–Crippen MR) is 49.9 cm³/mol. The van der Waals surface area contributed by atoms with Crippen LogP contribution in [0.5, 0.6) is 0 Å². The summed E-state index contributed by atoms with van der Waals surface area (Å²) in [5.41, 5.74) is -3.08. The molecule has 0 aromatic heterocycles. The Labute approximate surface area is 95.4 Å². The lowest BCUT2D eigenvalue weighted by molar-refractivity contribution is -0.257. The first-order chi connectivity index (χ1) is 7.71. The van der Waals surface area contributed by atoms with Crippen molar-refractivity contribution in [1.29, 1.82) is 0 Å². The summed E-state index contributed by atoms with van der Waals surface area (Å²) >= 11 is 0. The minimum atomic E-state index is -4.68. The van der Waals surface area contributed by atoms with Crippen LogP contribution in [0.1, 0.15) is 20.3 Å². The van der Waals surface area contributed by atoms with Crippen LogP contribution in [0.4, 0.5) is 13.2 Å². The molecule has 0 unspecified atom stereocenters. The normalized spacial score (nSPS) is 25.0. The summed E-state index contributed by atoms with van der Waals surface area (Å²) in [5.74, 6) is -1.91. The molecule has 7 heteroatoms. The van der Waals surface area contributed by atoms with E-state index < -0.39 is 35.5 Å². The SMILES string of the molecule is CCOC(=O)C1=CO[C@@](C)(C(F)(F)F)CC1=O. The average Bonchev–Trinajstić information content (AvgIpc) is 2.16. The Morgan fingerprint density at radius 3 is 2.59 bits per heavy atom. The van der Waals surface area contributed by atoms with Gasteiger partial charge in [0.25, 0.3) is 0 Å². The molecule has 0 aliphatic carbocycles. The van der Waals surface area contributed by atoms with Crippen molar-refractivity contribution >= 4 is 11.8 Å². The van der Waals surface area contributed by atoms with Crippen LogP contribution in [0.15, 0.2) is 11.8 Å². The van der Waals surface area contributed by atoms with Crippen molar-refractivity contribution in [3.05, 3.63) is 11.8 Å². The lowest BCUT2D eigenvalue weighted by Crippen LogP contribution is -2.48. The minimum absolute atomic E-state index is 0.0278. The van der Waals surface area contributed by atoms with Crippen LogP contribution in [-0.2, 0) is 19.1 Å². The highest BCUT2D eigenvalue weighted by atomic mass is 19.4. The number of hydrogen-bond donors (Lipinski definition) is 0. The van der Waals surface area contributed by atoms with Gasteiger partial charge < -0.3 is 9.47 Å². The van der Waals surface area contributed by atoms with Gasteiger partial charge in [0, 0.05) is 0 Å². The summed E-state index contributed by atoms with van der Waals surface area (Å²) in [6.45, 7) is 2.30. The molecule has 0 aromatic rings. The van der Waals surface area contributed by atoms with Crippen LogP contribution < -0.4 is 0 Å². The molecule has 0 radical (unpaired) electrons. The van der Waals surface area contributed by atoms with Crippen molar-refractivity contribution in [2.75, 3.05) is 6.61 Å². The fourth-order valence-electron chi connectivity index (χ4n) is 1.24. The molecule has 0 N–H and O–H groups in total. The molecule has 0 spiro atoms. The van der Waals surface area contributed by atoms with Gasteiger partial charge in [-0.1, -0.05) is 0 Å². The second kappa shape index (κ2) is 4.38. The quantitative estimate of drug-likeness (QED) is 0.555. The number of halogens is 3. The Kier molecular flexibility index (Phi) is 3.49. The Morgan fingerprint density at radius 2 is 2.18 bits per heavy atom. The highest BCUT2D eigenvalue weighted by Crippen LogP contribution is 2.39. The minimum Gasteiger partial charge on any atom is -0.484 e. The van der Waals surface area contributed by atoms with E-state index in [0.29, 0.717) is 6.26 Å². The number of hydrogen-bond acceptors (Lipinski definition) is 4. The molecule has 1 rings (SSSR count). The van der Waals surface area contributed by atoms with E-state index in [2.05, 4.69) is 9.47 Å². The smallest absolute Gasteiger partial charge is 0.428 e. The molecule has 0 bridgehead atoms. The molecule has 0 aromatic carbocycles. The number of carbonyl (C=O) groups is 2. The monoisotopic (exact) mass is 252 g/mol. The third kappa shape index (κ3) is 2.59. The first kappa shape index (κ1) is 13.5. The molecule has 1 aliphatic heterocycles.